The predicted molar refractivity (Wildman–Crippen MR) is 123 cm³/mol. The molecular formula is C26H19F2N3O2. The first-order chi connectivity index (χ1) is 15.9. The molecule has 0 fully saturated rings. The average Bonchev–Trinajstić information content (AvgIpc) is 3.16. The number of carbonyl (C=O) groups is 1. The number of aryl methyl sites for hydroxylation is 1. The van der Waals surface area contributed by atoms with E-state index in [1.807, 2.05) is 19.1 Å². The largest absolute Gasteiger partial charge is 0.358 e. The molecule has 3 heterocycles. The van der Waals surface area contributed by atoms with E-state index < -0.39 is 17.1 Å². The van der Waals surface area contributed by atoms with Crippen LogP contribution in [0, 0.1) is 18.6 Å². The van der Waals surface area contributed by atoms with Gasteiger partial charge in [0, 0.05) is 58.0 Å². The number of aromatic nitrogens is 2. The van der Waals surface area contributed by atoms with E-state index in [0.717, 1.165) is 45.9 Å². The van der Waals surface area contributed by atoms with Gasteiger partial charge in [0.1, 0.15) is 11.6 Å². The van der Waals surface area contributed by atoms with Crippen molar-refractivity contribution in [3.63, 3.8) is 0 Å². The van der Waals surface area contributed by atoms with Crippen molar-refractivity contribution in [3.05, 3.63) is 92.8 Å². The minimum absolute atomic E-state index is 0.0249. The van der Waals surface area contributed by atoms with Crippen LogP contribution in [0.2, 0.25) is 0 Å². The highest BCUT2D eigenvalue weighted by atomic mass is 19.1. The third-order valence-corrected chi connectivity index (χ3v) is 6.48. The second kappa shape index (κ2) is 7.00. The topological polar surface area (TPSA) is 69.0 Å². The molecule has 0 unspecified atom stereocenters. The van der Waals surface area contributed by atoms with Crippen LogP contribution in [0.4, 0.5) is 8.78 Å². The van der Waals surface area contributed by atoms with Crippen molar-refractivity contribution in [1.29, 1.82) is 0 Å². The number of pyridine rings is 1. The highest BCUT2D eigenvalue weighted by Crippen LogP contribution is 2.30. The van der Waals surface area contributed by atoms with Crippen LogP contribution in [-0.2, 0) is 13.0 Å². The van der Waals surface area contributed by atoms with E-state index in [4.69, 9.17) is 0 Å². The van der Waals surface area contributed by atoms with Gasteiger partial charge in [-0.05, 0) is 49.4 Å². The number of fused-ring (bicyclic) bond motifs is 5. The molecule has 0 aliphatic carbocycles. The molecule has 33 heavy (non-hydrogen) atoms. The van der Waals surface area contributed by atoms with Crippen LogP contribution < -0.4 is 5.43 Å². The lowest BCUT2D eigenvalue weighted by Gasteiger charge is -2.28. The Balaban J connectivity index is 1.48. The van der Waals surface area contributed by atoms with Crippen molar-refractivity contribution in [2.45, 2.75) is 19.9 Å². The number of nitrogens with zero attached hydrogens (tertiary/aromatic N) is 1. The lowest BCUT2D eigenvalue weighted by molar-refractivity contribution is 0.0736. The van der Waals surface area contributed by atoms with E-state index in [-0.39, 0.29) is 27.8 Å². The fraction of sp³-hybridized carbons (Fsp3) is 0.154. The molecule has 2 aromatic heterocycles. The summed E-state index contributed by atoms with van der Waals surface area (Å²) in [6.45, 7) is 2.88. The van der Waals surface area contributed by atoms with Gasteiger partial charge in [0.05, 0.1) is 11.1 Å². The minimum atomic E-state index is -0.687. The van der Waals surface area contributed by atoms with Crippen molar-refractivity contribution < 1.29 is 13.6 Å². The molecule has 0 bridgehead atoms. The first-order valence-corrected chi connectivity index (χ1v) is 10.7. The quantitative estimate of drug-likeness (QED) is 0.360. The number of amides is 1. The van der Waals surface area contributed by atoms with Crippen LogP contribution in [0.3, 0.4) is 0 Å². The Hall–Kier alpha value is -4.00. The summed E-state index contributed by atoms with van der Waals surface area (Å²) in [5.74, 6) is -1.60. The monoisotopic (exact) mass is 443 g/mol. The molecule has 7 heteroatoms. The van der Waals surface area contributed by atoms with Crippen LogP contribution in [0.5, 0.6) is 0 Å². The van der Waals surface area contributed by atoms with E-state index in [9.17, 15) is 18.4 Å². The summed E-state index contributed by atoms with van der Waals surface area (Å²) in [6.07, 6.45) is 0.654. The summed E-state index contributed by atoms with van der Waals surface area (Å²) < 4.78 is 28.2. The maximum absolute atomic E-state index is 14.5. The average molecular weight is 443 g/mol. The molecule has 5 aromatic rings. The van der Waals surface area contributed by atoms with Gasteiger partial charge in [0.25, 0.3) is 5.91 Å². The van der Waals surface area contributed by atoms with Gasteiger partial charge in [-0.1, -0.05) is 11.6 Å². The maximum atomic E-state index is 14.5. The normalized spacial score (nSPS) is 13.7. The molecule has 1 amide bonds. The van der Waals surface area contributed by atoms with Gasteiger partial charge in [0.15, 0.2) is 5.43 Å². The van der Waals surface area contributed by atoms with Crippen LogP contribution in [0.15, 0.2) is 53.3 Å². The summed E-state index contributed by atoms with van der Waals surface area (Å²) in [5, 5.41) is 1.22. The Kier molecular flexibility index (Phi) is 4.17. The number of hydrogen-bond donors (Lipinski definition) is 2. The Bertz CT molecular complexity index is 1680. The predicted octanol–water partition coefficient (Wildman–Crippen LogP) is 4.95. The minimum Gasteiger partial charge on any atom is -0.358 e. The molecule has 6 rings (SSSR count). The number of hydrogen-bond acceptors (Lipinski definition) is 2. The van der Waals surface area contributed by atoms with Gasteiger partial charge in [-0.15, -0.1) is 0 Å². The van der Waals surface area contributed by atoms with Crippen molar-refractivity contribution in [2.24, 2.45) is 0 Å². The van der Waals surface area contributed by atoms with E-state index in [1.54, 1.807) is 4.90 Å². The SMILES string of the molecule is Cc1ccc2[nH]c3c(c2c1)CN(C(=O)c1cc(F)cc2c(=O)c4cc(F)ccc4[nH]c12)CC3. The molecule has 0 saturated heterocycles. The summed E-state index contributed by atoms with van der Waals surface area (Å²) in [7, 11) is 0. The second-order valence-electron chi connectivity index (χ2n) is 8.63. The first kappa shape index (κ1) is 19.7. The number of nitrogens with one attached hydrogen (secondary N) is 2. The fourth-order valence-corrected chi connectivity index (χ4v) is 4.85. The van der Waals surface area contributed by atoms with Crippen molar-refractivity contribution in [2.75, 3.05) is 6.54 Å². The number of benzene rings is 3. The summed E-state index contributed by atoms with van der Waals surface area (Å²) in [6, 6.07) is 12.2. The van der Waals surface area contributed by atoms with Crippen molar-refractivity contribution in [1.82, 2.24) is 14.9 Å². The van der Waals surface area contributed by atoms with Crippen molar-refractivity contribution in [3.8, 4) is 0 Å². The summed E-state index contributed by atoms with van der Waals surface area (Å²) >= 11 is 0. The van der Waals surface area contributed by atoms with E-state index in [2.05, 4.69) is 16.0 Å². The number of H-pyrrole nitrogens is 2. The Morgan fingerprint density at radius 3 is 2.52 bits per heavy atom. The smallest absolute Gasteiger partial charge is 0.256 e. The number of carbonyl (C=O) groups excluding carboxylic acids is 1. The molecule has 0 atom stereocenters. The molecule has 2 N–H and O–H groups in total. The zero-order valence-electron chi connectivity index (χ0n) is 17.8. The van der Waals surface area contributed by atoms with Crippen LogP contribution >= 0.6 is 0 Å². The van der Waals surface area contributed by atoms with E-state index in [1.165, 1.54) is 12.1 Å². The highest BCUT2D eigenvalue weighted by molar-refractivity contribution is 6.08. The lowest BCUT2D eigenvalue weighted by Crippen LogP contribution is -2.36. The highest BCUT2D eigenvalue weighted by Gasteiger charge is 2.27. The van der Waals surface area contributed by atoms with Crippen LogP contribution in [0.1, 0.15) is 27.2 Å². The van der Waals surface area contributed by atoms with Gasteiger partial charge in [0.2, 0.25) is 0 Å². The molecule has 0 saturated carbocycles. The fourth-order valence-electron chi connectivity index (χ4n) is 4.85. The van der Waals surface area contributed by atoms with Gasteiger partial charge in [-0.3, -0.25) is 9.59 Å². The van der Waals surface area contributed by atoms with E-state index in [0.29, 0.717) is 25.0 Å². The van der Waals surface area contributed by atoms with Gasteiger partial charge in [-0.2, -0.15) is 0 Å². The zero-order chi connectivity index (χ0) is 22.9. The van der Waals surface area contributed by atoms with Gasteiger partial charge in [-0.25, -0.2) is 8.78 Å². The second-order valence-corrected chi connectivity index (χ2v) is 8.63. The standard InChI is InChI=1S/C26H19F2N3O2/c1-13-2-4-21-16(8-13)20-12-31(7-6-23(20)29-21)26(33)19-11-15(28)10-18-24(19)30-22-5-3-14(27)9-17(22)25(18)32/h2-5,8-11,29H,6-7,12H2,1H3,(H,30,32). The molecule has 0 radical (unpaired) electrons. The molecule has 5 nitrogen and oxygen atoms in total. The molecule has 1 aliphatic heterocycles. The van der Waals surface area contributed by atoms with Gasteiger partial charge < -0.3 is 14.9 Å². The first-order valence-electron chi connectivity index (χ1n) is 10.7. The Morgan fingerprint density at radius 1 is 0.909 bits per heavy atom. The zero-order valence-corrected chi connectivity index (χ0v) is 17.8. The Labute approximate surface area is 186 Å². The third kappa shape index (κ3) is 3.03. The van der Waals surface area contributed by atoms with Crippen LogP contribution in [-0.4, -0.2) is 27.3 Å². The number of aromatic amines is 2. The van der Waals surface area contributed by atoms with Crippen molar-refractivity contribution >= 4 is 38.6 Å². The summed E-state index contributed by atoms with van der Waals surface area (Å²) in [5.41, 5.74) is 4.54. The number of halogens is 2. The molecule has 164 valence electrons. The third-order valence-electron chi connectivity index (χ3n) is 6.48. The van der Waals surface area contributed by atoms with Gasteiger partial charge >= 0.3 is 0 Å². The lowest BCUT2D eigenvalue weighted by atomic mass is 10.0. The molecule has 3 aromatic carbocycles. The molecule has 1 aliphatic rings. The van der Waals surface area contributed by atoms with Crippen LogP contribution in [0.25, 0.3) is 32.7 Å². The van der Waals surface area contributed by atoms with E-state index >= 15 is 0 Å². The Morgan fingerprint density at radius 2 is 1.67 bits per heavy atom. The maximum Gasteiger partial charge on any atom is 0.256 e. The summed E-state index contributed by atoms with van der Waals surface area (Å²) in [4.78, 5) is 34.7. The molecule has 0 spiro atoms. The number of rotatable bonds is 1. The molecular weight excluding hydrogens is 424 g/mol.